The molecule has 16 heavy (non-hydrogen) atoms. The Balaban J connectivity index is -0.000000249. The molecule has 0 spiro atoms. The molecule has 0 bridgehead atoms. The third-order valence-corrected chi connectivity index (χ3v) is 1.62. The number of halogens is 1. The Bertz CT molecular complexity index is 252. The molecule has 1 rings (SSSR count). The molecule has 0 aliphatic rings. The molecule has 4 nitrogen and oxygen atoms in total. The maximum atomic E-state index is 8.33. The van der Waals surface area contributed by atoms with Crippen molar-refractivity contribution < 1.29 is 123 Å². The van der Waals surface area contributed by atoms with Crippen molar-refractivity contribution in [2.24, 2.45) is 0 Å². The quantitative estimate of drug-likeness (QED) is 0.402. The first kappa shape index (κ1) is 23.0. The van der Waals surface area contributed by atoms with E-state index in [0.29, 0.717) is 5.88 Å². The third-order valence-electron chi connectivity index (χ3n) is 1.31. The van der Waals surface area contributed by atoms with Crippen LogP contribution in [0.1, 0.15) is 5.56 Å². The van der Waals surface area contributed by atoms with Crippen molar-refractivity contribution in [2.75, 3.05) is 7.11 Å². The SMILES string of the molecule is COc1ccc(CCl)cc1.O=C([O-])[O-].[K+].[K+]. The van der Waals surface area contributed by atoms with Crippen molar-refractivity contribution in [3.05, 3.63) is 29.8 Å². The second kappa shape index (κ2) is 14.9. The van der Waals surface area contributed by atoms with Gasteiger partial charge < -0.3 is 19.7 Å². The zero-order valence-electron chi connectivity index (χ0n) is 9.53. The molecule has 0 aliphatic heterocycles. The predicted octanol–water partition coefficient (Wildman–Crippen LogP) is -6.00. The van der Waals surface area contributed by atoms with Crippen LogP contribution in [0.25, 0.3) is 0 Å². The van der Waals surface area contributed by atoms with Gasteiger partial charge in [0.15, 0.2) is 0 Å². The van der Waals surface area contributed by atoms with Gasteiger partial charge in [-0.05, 0) is 23.9 Å². The van der Waals surface area contributed by atoms with Gasteiger partial charge in [-0.3, -0.25) is 0 Å². The Morgan fingerprint density at radius 1 is 1.25 bits per heavy atom. The molecule has 78 valence electrons. The summed E-state index contributed by atoms with van der Waals surface area (Å²) in [5.41, 5.74) is 1.11. The predicted molar refractivity (Wildman–Crippen MR) is 47.9 cm³/mol. The second-order valence-corrected chi connectivity index (χ2v) is 2.50. The van der Waals surface area contributed by atoms with Gasteiger partial charge in [-0.2, -0.15) is 0 Å². The van der Waals surface area contributed by atoms with Crippen LogP contribution in [0, 0.1) is 0 Å². The van der Waals surface area contributed by atoms with Crippen molar-refractivity contribution in [3.8, 4) is 5.75 Å². The van der Waals surface area contributed by atoms with Crippen LogP contribution in [-0.4, -0.2) is 13.3 Å². The van der Waals surface area contributed by atoms with E-state index in [0.717, 1.165) is 11.3 Å². The van der Waals surface area contributed by atoms with Crippen LogP contribution in [0.2, 0.25) is 0 Å². The summed E-state index contributed by atoms with van der Waals surface area (Å²) in [6, 6.07) is 7.70. The Morgan fingerprint density at radius 3 is 1.88 bits per heavy atom. The molecule has 1 aromatic rings. The van der Waals surface area contributed by atoms with E-state index in [4.69, 9.17) is 31.3 Å². The van der Waals surface area contributed by atoms with E-state index in [-0.39, 0.29) is 103 Å². The number of carboxylic acid groups (broad SMARTS) is 2. The summed E-state index contributed by atoms with van der Waals surface area (Å²) in [4.78, 5) is 8.33. The van der Waals surface area contributed by atoms with Crippen LogP contribution < -0.4 is 118 Å². The van der Waals surface area contributed by atoms with Gasteiger partial charge in [-0.25, -0.2) is 0 Å². The second-order valence-electron chi connectivity index (χ2n) is 2.23. The van der Waals surface area contributed by atoms with Crippen LogP contribution in [0.3, 0.4) is 0 Å². The molecule has 0 radical (unpaired) electrons. The van der Waals surface area contributed by atoms with Gasteiger partial charge >= 0.3 is 103 Å². The van der Waals surface area contributed by atoms with Gasteiger partial charge in [0.05, 0.1) is 7.11 Å². The Hall–Kier alpha value is 1.85. The van der Waals surface area contributed by atoms with Crippen molar-refractivity contribution in [2.45, 2.75) is 5.88 Å². The van der Waals surface area contributed by atoms with Crippen molar-refractivity contribution >= 4 is 17.8 Å². The number of alkyl halides is 1. The molecule has 0 amide bonds. The number of carbonyl (C=O) groups excluding carboxylic acids is 1. The van der Waals surface area contributed by atoms with Gasteiger partial charge in [-0.15, -0.1) is 11.6 Å². The number of methoxy groups -OCH3 is 1. The molecule has 1 aromatic carbocycles. The van der Waals surface area contributed by atoms with E-state index < -0.39 is 6.16 Å². The molecule has 0 aromatic heterocycles. The standard InChI is InChI=1S/C8H9ClO.CH2O3.2K/c1-10-8-4-2-7(6-9)3-5-8;2-1(3)4;;/h2-5H,6H2,1H3;(H2,2,3,4);;/q;;2*+1/p-2. The molecule has 0 fully saturated rings. The van der Waals surface area contributed by atoms with Gasteiger partial charge in [-0.1, -0.05) is 12.1 Å². The van der Waals surface area contributed by atoms with E-state index in [1.165, 1.54) is 0 Å². The van der Waals surface area contributed by atoms with E-state index in [1.807, 2.05) is 24.3 Å². The Labute approximate surface area is 185 Å². The van der Waals surface area contributed by atoms with Gasteiger partial charge in [0.1, 0.15) is 5.75 Å². The number of carbonyl (C=O) groups is 1. The Kier molecular flexibility index (Phi) is 21.4. The van der Waals surface area contributed by atoms with E-state index in [1.54, 1.807) is 7.11 Å². The normalized spacial score (nSPS) is 7.38. The largest absolute Gasteiger partial charge is 1.00 e. The molecule has 0 aliphatic carbocycles. The third kappa shape index (κ3) is 13.9. The first-order valence-electron chi connectivity index (χ1n) is 3.67. The maximum Gasteiger partial charge on any atom is 1.00 e. The van der Waals surface area contributed by atoms with Crippen molar-refractivity contribution in [1.82, 2.24) is 0 Å². The molecule has 0 N–H and O–H groups in total. The minimum Gasteiger partial charge on any atom is -0.652 e. The number of ether oxygens (including phenoxy) is 1. The molecule has 0 saturated carbocycles. The molecule has 0 atom stereocenters. The first-order valence-corrected chi connectivity index (χ1v) is 4.20. The summed E-state index contributed by atoms with van der Waals surface area (Å²) in [5.74, 6) is 1.43. The van der Waals surface area contributed by atoms with E-state index >= 15 is 0 Å². The van der Waals surface area contributed by atoms with Crippen LogP contribution in [0.15, 0.2) is 24.3 Å². The number of hydrogen-bond donors (Lipinski definition) is 0. The topological polar surface area (TPSA) is 72.4 Å². The average molecular weight is 295 g/mol. The molecular weight excluding hydrogens is 286 g/mol. The monoisotopic (exact) mass is 294 g/mol. The fourth-order valence-corrected chi connectivity index (χ4v) is 0.893. The maximum absolute atomic E-state index is 8.33. The number of rotatable bonds is 2. The van der Waals surface area contributed by atoms with Gasteiger partial charge in [0.2, 0.25) is 0 Å². The van der Waals surface area contributed by atoms with Crippen LogP contribution >= 0.6 is 11.6 Å². The van der Waals surface area contributed by atoms with Crippen LogP contribution in [-0.2, 0) is 5.88 Å². The summed E-state index contributed by atoms with van der Waals surface area (Å²) in [6.07, 6.45) is -2.33. The summed E-state index contributed by atoms with van der Waals surface area (Å²) in [7, 11) is 1.65. The molecule has 7 heteroatoms. The molecule has 0 unspecified atom stereocenters. The summed E-state index contributed by atoms with van der Waals surface area (Å²) >= 11 is 5.58. The smallest absolute Gasteiger partial charge is 0.652 e. The summed E-state index contributed by atoms with van der Waals surface area (Å²) in [5, 5.41) is 16.7. The Morgan fingerprint density at radius 2 is 1.62 bits per heavy atom. The molecule has 0 saturated heterocycles. The minimum atomic E-state index is -2.33. The summed E-state index contributed by atoms with van der Waals surface area (Å²) in [6.45, 7) is 0. The van der Waals surface area contributed by atoms with Crippen LogP contribution in [0.4, 0.5) is 4.79 Å². The van der Waals surface area contributed by atoms with E-state index in [9.17, 15) is 0 Å². The molecular formula is C9H9ClK2O4. The number of hydrogen-bond acceptors (Lipinski definition) is 4. The zero-order chi connectivity index (χ0) is 11.0. The summed E-state index contributed by atoms with van der Waals surface area (Å²) < 4.78 is 4.97. The fourth-order valence-electron chi connectivity index (χ4n) is 0.715. The fraction of sp³-hybridized carbons (Fsp3) is 0.222. The van der Waals surface area contributed by atoms with E-state index in [2.05, 4.69) is 0 Å². The average Bonchev–Trinajstić information content (AvgIpc) is 2.17. The van der Waals surface area contributed by atoms with Gasteiger partial charge in [0.25, 0.3) is 0 Å². The number of benzene rings is 1. The first-order chi connectivity index (χ1) is 6.60. The van der Waals surface area contributed by atoms with Crippen molar-refractivity contribution in [3.63, 3.8) is 0 Å². The zero-order valence-corrected chi connectivity index (χ0v) is 16.5. The van der Waals surface area contributed by atoms with Gasteiger partial charge in [0, 0.05) is 5.88 Å². The minimum absolute atomic E-state index is 0. The molecule has 0 heterocycles. The van der Waals surface area contributed by atoms with Crippen LogP contribution in [0.5, 0.6) is 5.75 Å². The van der Waals surface area contributed by atoms with Crippen molar-refractivity contribution in [1.29, 1.82) is 0 Å².